The van der Waals surface area contributed by atoms with Crippen LogP contribution in [0.5, 0.6) is 5.88 Å². The van der Waals surface area contributed by atoms with Crippen molar-refractivity contribution in [1.29, 1.82) is 0 Å². The van der Waals surface area contributed by atoms with E-state index >= 15 is 0 Å². The highest BCUT2D eigenvalue weighted by atomic mass is 79.9. The number of halogens is 1. The van der Waals surface area contributed by atoms with Crippen molar-refractivity contribution >= 4 is 39.5 Å². The lowest BCUT2D eigenvalue weighted by molar-refractivity contribution is 0.298. The van der Waals surface area contributed by atoms with E-state index in [9.17, 15) is 14.7 Å². The number of aromatic amines is 1. The van der Waals surface area contributed by atoms with Crippen LogP contribution in [0.4, 0.5) is 5.69 Å². The minimum absolute atomic E-state index is 0.0797. The molecule has 134 valence electrons. The molecule has 0 radical (unpaired) electrons. The summed E-state index contributed by atoms with van der Waals surface area (Å²) in [5.41, 5.74) is 1.33. The molecule has 1 saturated carbocycles. The fourth-order valence-corrected chi connectivity index (χ4v) is 4.05. The molecule has 26 heavy (non-hydrogen) atoms. The summed E-state index contributed by atoms with van der Waals surface area (Å²) in [6.45, 7) is 0. The number of nitrogens with zero attached hydrogens (tertiary/aromatic N) is 2. The Morgan fingerprint density at radius 3 is 2.77 bits per heavy atom. The Morgan fingerprint density at radius 2 is 2.00 bits per heavy atom. The monoisotopic (exact) mass is 415 g/mol. The molecule has 2 aromatic rings. The lowest BCUT2D eigenvalue weighted by Crippen LogP contribution is -2.34. The third-order valence-electron chi connectivity index (χ3n) is 5.00. The van der Waals surface area contributed by atoms with Crippen LogP contribution in [-0.4, -0.2) is 20.9 Å². The molecule has 0 saturated heterocycles. The summed E-state index contributed by atoms with van der Waals surface area (Å²) in [7, 11) is 0. The van der Waals surface area contributed by atoms with E-state index in [1.807, 2.05) is 18.2 Å². The second-order valence-corrected chi connectivity index (χ2v) is 7.59. The molecule has 0 amide bonds. The normalized spacial score (nSPS) is 18.4. The number of allylic oxidation sites excluding steroid dienone is 1. The first kappa shape index (κ1) is 17.0. The van der Waals surface area contributed by atoms with Gasteiger partial charge in [-0.15, -0.1) is 0 Å². The van der Waals surface area contributed by atoms with E-state index in [0.29, 0.717) is 0 Å². The van der Waals surface area contributed by atoms with Gasteiger partial charge in [-0.05, 0) is 37.1 Å². The SMILES string of the molecule is O=c1[nH]c(=O)n(C2CCCCC2)c(O)c1/C=C1/C=Nc2ccc(Br)cc21. The molecule has 1 aliphatic carbocycles. The average Bonchev–Trinajstić information content (AvgIpc) is 3.01. The van der Waals surface area contributed by atoms with Gasteiger partial charge in [0.1, 0.15) is 5.56 Å². The smallest absolute Gasteiger partial charge is 0.331 e. The van der Waals surface area contributed by atoms with E-state index in [1.165, 1.54) is 4.57 Å². The Hall–Kier alpha value is -2.41. The van der Waals surface area contributed by atoms with Crippen LogP contribution in [0, 0.1) is 0 Å². The molecule has 2 aliphatic rings. The Kier molecular flexibility index (Phi) is 4.40. The van der Waals surface area contributed by atoms with Crippen LogP contribution in [0.25, 0.3) is 11.6 Å². The summed E-state index contributed by atoms with van der Waals surface area (Å²) in [5, 5.41) is 10.7. The Labute approximate surface area is 158 Å². The topological polar surface area (TPSA) is 87.5 Å². The molecule has 1 aromatic heterocycles. The second-order valence-electron chi connectivity index (χ2n) is 6.68. The van der Waals surface area contributed by atoms with Gasteiger partial charge < -0.3 is 5.11 Å². The third-order valence-corrected chi connectivity index (χ3v) is 5.50. The fraction of sp³-hybridized carbons (Fsp3) is 0.316. The number of fused-ring (bicyclic) bond motifs is 1. The van der Waals surface area contributed by atoms with Crippen molar-refractivity contribution in [1.82, 2.24) is 9.55 Å². The lowest BCUT2D eigenvalue weighted by Gasteiger charge is -2.24. The van der Waals surface area contributed by atoms with Gasteiger partial charge in [-0.3, -0.25) is 19.3 Å². The van der Waals surface area contributed by atoms with Crippen molar-refractivity contribution < 1.29 is 5.11 Å². The van der Waals surface area contributed by atoms with Crippen molar-refractivity contribution in [3.05, 3.63) is 54.6 Å². The van der Waals surface area contributed by atoms with Gasteiger partial charge in [0.15, 0.2) is 0 Å². The van der Waals surface area contributed by atoms with Crippen LogP contribution in [0.15, 0.2) is 37.3 Å². The predicted molar refractivity (Wildman–Crippen MR) is 105 cm³/mol. The van der Waals surface area contributed by atoms with Crippen LogP contribution in [-0.2, 0) is 0 Å². The number of hydrogen-bond acceptors (Lipinski definition) is 4. The molecule has 2 N–H and O–H groups in total. The van der Waals surface area contributed by atoms with Crippen molar-refractivity contribution in [3.63, 3.8) is 0 Å². The van der Waals surface area contributed by atoms with Crippen LogP contribution >= 0.6 is 15.9 Å². The average molecular weight is 416 g/mol. The standard InChI is InChI=1S/C19H18BrN3O3/c20-12-6-7-16-14(9-12)11(10-21-16)8-15-17(24)22-19(26)23(18(15)25)13-4-2-1-3-5-13/h6-10,13,25H,1-5H2,(H,22,24,26)/b11-8-. The lowest BCUT2D eigenvalue weighted by atomic mass is 9.95. The molecule has 1 fully saturated rings. The van der Waals surface area contributed by atoms with Crippen molar-refractivity contribution in [2.75, 3.05) is 0 Å². The van der Waals surface area contributed by atoms with Gasteiger partial charge in [0, 0.05) is 27.9 Å². The molecule has 0 unspecified atom stereocenters. The van der Waals surface area contributed by atoms with E-state index in [0.717, 1.165) is 53.4 Å². The number of aliphatic imine (C=N–C) groups is 1. The van der Waals surface area contributed by atoms with Crippen LogP contribution in [0.1, 0.15) is 49.3 Å². The quantitative estimate of drug-likeness (QED) is 0.782. The first-order chi connectivity index (χ1) is 12.5. The first-order valence-corrected chi connectivity index (χ1v) is 9.47. The molecule has 0 atom stereocenters. The molecule has 1 aromatic carbocycles. The van der Waals surface area contributed by atoms with E-state index in [1.54, 1.807) is 12.3 Å². The molecular formula is C19H18BrN3O3. The fourth-order valence-electron chi connectivity index (χ4n) is 3.69. The minimum Gasteiger partial charge on any atom is -0.494 e. The van der Waals surface area contributed by atoms with Gasteiger partial charge in [0.05, 0.1) is 5.69 Å². The number of benzene rings is 1. The molecule has 0 bridgehead atoms. The number of aromatic hydroxyl groups is 1. The van der Waals surface area contributed by atoms with Crippen LogP contribution in [0.2, 0.25) is 0 Å². The second kappa shape index (κ2) is 6.72. The predicted octanol–water partition coefficient (Wildman–Crippen LogP) is 3.77. The highest BCUT2D eigenvalue weighted by Crippen LogP contribution is 2.36. The Balaban J connectivity index is 1.84. The number of hydrogen-bond donors (Lipinski definition) is 2. The Morgan fingerprint density at radius 1 is 1.23 bits per heavy atom. The van der Waals surface area contributed by atoms with E-state index in [4.69, 9.17) is 0 Å². The summed E-state index contributed by atoms with van der Waals surface area (Å²) in [6.07, 6.45) is 8.06. The van der Waals surface area contributed by atoms with Crippen LogP contribution in [0.3, 0.4) is 0 Å². The number of rotatable bonds is 2. The molecule has 7 heteroatoms. The molecule has 2 heterocycles. The van der Waals surface area contributed by atoms with E-state index in [-0.39, 0.29) is 17.5 Å². The summed E-state index contributed by atoms with van der Waals surface area (Å²) >= 11 is 3.43. The molecule has 0 spiro atoms. The number of aromatic nitrogens is 2. The summed E-state index contributed by atoms with van der Waals surface area (Å²) < 4.78 is 2.24. The van der Waals surface area contributed by atoms with Gasteiger partial charge in [0.25, 0.3) is 5.56 Å². The van der Waals surface area contributed by atoms with Gasteiger partial charge in [-0.2, -0.15) is 0 Å². The molecule has 6 nitrogen and oxygen atoms in total. The number of H-pyrrole nitrogens is 1. The number of nitrogens with one attached hydrogen (secondary N) is 1. The van der Waals surface area contributed by atoms with Crippen molar-refractivity contribution in [2.24, 2.45) is 4.99 Å². The minimum atomic E-state index is -0.594. The Bertz CT molecular complexity index is 1040. The van der Waals surface area contributed by atoms with Gasteiger partial charge in [-0.1, -0.05) is 35.2 Å². The van der Waals surface area contributed by atoms with E-state index < -0.39 is 11.2 Å². The molecule has 1 aliphatic heterocycles. The summed E-state index contributed by atoms with van der Waals surface area (Å²) in [6, 6.07) is 5.61. The van der Waals surface area contributed by atoms with Crippen molar-refractivity contribution in [3.8, 4) is 5.88 Å². The molecular weight excluding hydrogens is 398 g/mol. The maximum atomic E-state index is 12.3. The van der Waals surface area contributed by atoms with Gasteiger partial charge >= 0.3 is 5.69 Å². The maximum absolute atomic E-state index is 12.3. The zero-order chi connectivity index (χ0) is 18.3. The van der Waals surface area contributed by atoms with Crippen LogP contribution < -0.4 is 11.2 Å². The zero-order valence-corrected chi connectivity index (χ0v) is 15.6. The largest absolute Gasteiger partial charge is 0.494 e. The van der Waals surface area contributed by atoms with Gasteiger partial charge in [-0.25, -0.2) is 4.79 Å². The van der Waals surface area contributed by atoms with Crippen molar-refractivity contribution in [2.45, 2.75) is 38.1 Å². The highest BCUT2D eigenvalue weighted by molar-refractivity contribution is 9.10. The molecule has 4 rings (SSSR count). The summed E-state index contributed by atoms with van der Waals surface area (Å²) in [5.74, 6) is -0.269. The summed E-state index contributed by atoms with van der Waals surface area (Å²) in [4.78, 5) is 31.3. The first-order valence-electron chi connectivity index (χ1n) is 8.68. The maximum Gasteiger partial charge on any atom is 0.331 e. The van der Waals surface area contributed by atoms with E-state index in [2.05, 4.69) is 25.9 Å². The zero-order valence-electron chi connectivity index (χ0n) is 14.0. The highest BCUT2D eigenvalue weighted by Gasteiger charge is 2.23. The van der Waals surface area contributed by atoms with Gasteiger partial charge in [0.2, 0.25) is 5.88 Å². The third kappa shape index (κ3) is 2.96.